The van der Waals surface area contributed by atoms with Crippen molar-refractivity contribution in [1.29, 1.82) is 0 Å². The Morgan fingerprint density at radius 2 is 1.81 bits per heavy atom. The zero-order chi connectivity index (χ0) is 14.8. The van der Waals surface area contributed by atoms with Crippen LogP contribution in [0.3, 0.4) is 0 Å². The average molecular weight is 284 g/mol. The summed E-state index contributed by atoms with van der Waals surface area (Å²) in [6.07, 6.45) is 0. The minimum atomic E-state index is -0.337. The molecule has 1 N–H and O–H groups in total. The van der Waals surface area contributed by atoms with E-state index in [4.69, 9.17) is 0 Å². The number of fused-ring (bicyclic) bond motifs is 1. The lowest BCUT2D eigenvalue weighted by Crippen LogP contribution is -2.01. The van der Waals surface area contributed by atoms with E-state index in [9.17, 15) is 8.78 Å². The number of nitrogens with one attached hydrogen (secondary N) is 1. The predicted octanol–water partition coefficient (Wildman–Crippen LogP) is 4.61. The Bertz CT molecular complexity index is 800. The first kappa shape index (κ1) is 13.5. The summed E-state index contributed by atoms with van der Waals surface area (Å²) < 4.78 is 26.8. The number of hydrogen-bond donors (Lipinski definition) is 1. The van der Waals surface area contributed by atoms with Gasteiger partial charge in [0.1, 0.15) is 11.6 Å². The molecule has 2 nitrogen and oxygen atoms in total. The molecule has 3 rings (SSSR count). The van der Waals surface area contributed by atoms with Crippen molar-refractivity contribution in [2.24, 2.45) is 0 Å². The summed E-state index contributed by atoms with van der Waals surface area (Å²) in [5, 5.41) is 4.06. The molecule has 0 fully saturated rings. The molecule has 0 unspecified atom stereocenters. The molecule has 0 aliphatic heterocycles. The molecule has 0 spiro atoms. The van der Waals surface area contributed by atoms with Crippen LogP contribution < -0.4 is 5.32 Å². The van der Waals surface area contributed by atoms with Crippen LogP contribution in [0.1, 0.15) is 6.92 Å². The van der Waals surface area contributed by atoms with E-state index < -0.39 is 0 Å². The number of nitrogens with zero attached hydrogens (tertiary/aromatic N) is 1. The molecule has 0 saturated carbocycles. The largest absolute Gasteiger partial charge is 0.384 e. The fraction of sp³-hybridized carbons (Fsp3) is 0.118. The van der Waals surface area contributed by atoms with Gasteiger partial charge in [-0.2, -0.15) is 0 Å². The Balaban J connectivity index is 2.25. The number of benzene rings is 2. The van der Waals surface area contributed by atoms with E-state index in [1.807, 2.05) is 13.0 Å². The molecule has 0 radical (unpaired) electrons. The van der Waals surface area contributed by atoms with Crippen LogP contribution in [0.15, 0.2) is 48.5 Å². The maximum Gasteiger partial charge on any atom is 0.125 e. The van der Waals surface area contributed by atoms with Crippen molar-refractivity contribution in [2.45, 2.75) is 6.92 Å². The van der Waals surface area contributed by atoms with Crippen LogP contribution in [0.2, 0.25) is 0 Å². The van der Waals surface area contributed by atoms with Crippen molar-refractivity contribution >= 4 is 16.6 Å². The third-order valence-corrected chi connectivity index (χ3v) is 3.24. The molecule has 2 aromatic carbocycles. The van der Waals surface area contributed by atoms with Crippen molar-refractivity contribution in [3.63, 3.8) is 0 Å². The molecule has 21 heavy (non-hydrogen) atoms. The molecular formula is C17H14F2N2. The third-order valence-electron chi connectivity index (χ3n) is 3.24. The van der Waals surface area contributed by atoms with E-state index in [1.165, 1.54) is 24.3 Å². The third kappa shape index (κ3) is 2.70. The second-order valence-corrected chi connectivity index (χ2v) is 4.76. The van der Waals surface area contributed by atoms with Gasteiger partial charge in [-0.3, -0.25) is 0 Å². The molecule has 3 aromatic rings. The van der Waals surface area contributed by atoms with E-state index in [0.29, 0.717) is 16.8 Å². The molecule has 0 amide bonds. The summed E-state index contributed by atoms with van der Waals surface area (Å²) in [5.74, 6) is -0.660. The monoisotopic (exact) mass is 284 g/mol. The summed E-state index contributed by atoms with van der Waals surface area (Å²) in [7, 11) is 0. The second kappa shape index (κ2) is 5.48. The Kier molecular flexibility index (Phi) is 3.52. The van der Waals surface area contributed by atoms with Crippen molar-refractivity contribution in [2.75, 3.05) is 11.9 Å². The highest BCUT2D eigenvalue weighted by Crippen LogP contribution is 2.30. The summed E-state index contributed by atoms with van der Waals surface area (Å²) in [6.45, 7) is 2.70. The fourth-order valence-electron chi connectivity index (χ4n) is 2.32. The maximum atomic E-state index is 13.4. The molecule has 0 bridgehead atoms. The number of rotatable bonds is 3. The normalized spacial score (nSPS) is 10.8. The highest BCUT2D eigenvalue weighted by Gasteiger charge is 2.10. The van der Waals surface area contributed by atoms with Crippen molar-refractivity contribution in [3.05, 3.63) is 60.2 Å². The van der Waals surface area contributed by atoms with E-state index in [-0.39, 0.29) is 11.6 Å². The molecule has 4 heteroatoms. The Labute approximate surface area is 121 Å². The quantitative estimate of drug-likeness (QED) is 0.759. The zero-order valence-corrected chi connectivity index (χ0v) is 11.5. The SMILES string of the molecule is CCNc1cc2ccc(F)cc2nc1-c1cccc(F)c1. The predicted molar refractivity (Wildman–Crippen MR) is 81.3 cm³/mol. The molecular weight excluding hydrogens is 270 g/mol. The van der Waals surface area contributed by atoms with Crippen molar-refractivity contribution < 1.29 is 8.78 Å². The summed E-state index contributed by atoms with van der Waals surface area (Å²) in [6, 6.07) is 12.6. The average Bonchev–Trinajstić information content (AvgIpc) is 2.47. The van der Waals surface area contributed by atoms with Gasteiger partial charge in [-0.15, -0.1) is 0 Å². The number of hydrogen-bond acceptors (Lipinski definition) is 2. The van der Waals surface area contributed by atoms with Gasteiger partial charge in [0, 0.05) is 23.6 Å². The number of aromatic nitrogens is 1. The van der Waals surface area contributed by atoms with Gasteiger partial charge in [0.15, 0.2) is 0 Å². The Morgan fingerprint density at radius 3 is 2.57 bits per heavy atom. The standard InChI is InChI=1S/C17H14F2N2/c1-2-20-16-9-11-6-7-14(19)10-15(11)21-17(16)12-4-3-5-13(18)8-12/h3-10,20H,2H2,1H3. The van der Waals surface area contributed by atoms with Gasteiger partial charge in [0.2, 0.25) is 0 Å². The van der Waals surface area contributed by atoms with Crippen LogP contribution in [0.5, 0.6) is 0 Å². The van der Waals surface area contributed by atoms with Crippen LogP contribution in [0.25, 0.3) is 22.2 Å². The molecule has 0 aliphatic carbocycles. The lowest BCUT2D eigenvalue weighted by atomic mass is 10.1. The smallest absolute Gasteiger partial charge is 0.125 e. The first-order valence-electron chi connectivity index (χ1n) is 6.77. The van der Waals surface area contributed by atoms with Crippen molar-refractivity contribution in [3.8, 4) is 11.3 Å². The summed E-state index contributed by atoms with van der Waals surface area (Å²) in [5.41, 5.74) is 2.64. The van der Waals surface area contributed by atoms with Crippen LogP contribution in [-0.2, 0) is 0 Å². The zero-order valence-electron chi connectivity index (χ0n) is 11.5. The fourth-order valence-corrected chi connectivity index (χ4v) is 2.32. The summed E-state index contributed by atoms with van der Waals surface area (Å²) >= 11 is 0. The van der Waals surface area contributed by atoms with E-state index in [2.05, 4.69) is 10.3 Å². The first-order chi connectivity index (χ1) is 10.2. The van der Waals surface area contributed by atoms with Gasteiger partial charge in [-0.25, -0.2) is 13.8 Å². The second-order valence-electron chi connectivity index (χ2n) is 4.76. The van der Waals surface area contributed by atoms with Crippen LogP contribution in [-0.4, -0.2) is 11.5 Å². The van der Waals surface area contributed by atoms with Gasteiger partial charge in [0.05, 0.1) is 16.9 Å². The minimum Gasteiger partial charge on any atom is -0.384 e. The summed E-state index contributed by atoms with van der Waals surface area (Å²) in [4.78, 5) is 4.50. The van der Waals surface area contributed by atoms with Gasteiger partial charge in [-0.05, 0) is 37.3 Å². The Hall–Kier alpha value is -2.49. The first-order valence-corrected chi connectivity index (χ1v) is 6.77. The van der Waals surface area contributed by atoms with Gasteiger partial charge in [0.25, 0.3) is 0 Å². The van der Waals surface area contributed by atoms with Crippen LogP contribution >= 0.6 is 0 Å². The minimum absolute atomic E-state index is 0.323. The maximum absolute atomic E-state index is 13.4. The highest BCUT2D eigenvalue weighted by atomic mass is 19.1. The number of halogens is 2. The molecule has 0 atom stereocenters. The van der Waals surface area contributed by atoms with Crippen LogP contribution in [0, 0.1) is 11.6 Å². The molecule has 106 valence electrons. The number of pyridine rings is 1. The topological polar surface area (TPSA) is 24.9 Å². The van der Waals surface area contributed by atoms with E-state index in [1.54, 1.807) is 18.2 Å². The lowest BCUT2D eigenvalue weighted by molar-refractivity contribution is 0.628. The Morgan fingerprint density at radius 1 is 1.00 bits per heavy atom. The van der Waals surface area contributed by atoms with E-state index in [0.717, 1.165) is 17.6 Å². The van der Waals surface area contributed by atoms with E-state index >= 15 is 0 Å². The molecule has 1 heterocycles. The highest BCUT2D eigenvalue weighted by molar-refractivity contribution is 5.88. The van der Waals surface area contributed by atoms with Gasteiger partial charge < -0.3 is 5.32 Å². The molecule has 0 saturated heterocycles. The van der Waals surface area contributed by atoms with Gasteiger partial charge in [-0.1, -0.05) is 12.1 Å². The van der Waals surface area contributed by atoms with Crippen molar-refractivity contribution in [1.82, 2.24) is 4.98 Å². The van der Waals surface area contributed by atoms with Crippen LogP contribution in [0.4, 0.5) is 14.5 Å². The molecule has 1 aromatic heterocycles. The lowest BCUT2D eigenvalue weighted by Gasteiger charge is -2.12. The van der Waals surface area contributed by atoms with Gasteiger partial charge >= 0.3 is 0 Å². The number of anilines is 1. The molecule has 0 aliphatic rings.